The van der Waals surface area contributed by atoms with Crippen molar-refractivity contribution >= 4 is 15.7 Å². The summed E-state index contributed by atoms with van der Waals surface area (Å²) in [6, 6.07) is 1.65. The minimum atomic E-state index is -3.50. The molecule has 1 aromatic rings. The average Bonchev–Trinajstić information content (AvgIpc) is 2.37. The second-order valence-electron chi connectivity index (χ2n) is 6.05. The van der Waals surface area contributed by atoms with Gasteiger partial charge in [0.15, 0.2) is 0 Å². The van der Waals surface area contributed by atoms with Gasteiger partial charge >= 0.3 is 0 Å². The standard InChI is InChI=1S/C15H27N3O2S/c1-6-17-14-7-15(9-16-8-14)21(19,20)18(10-12(2)3)11-13(4)5/h7-9,12-13,17H,6,10-11H2,1-5H3. The minimum absolute atomic E-state index is 0.252. The Morgan fingerprint density at radius 1 is 1.14 bits per heavy atom. The minimum Gasteiger partial charge on any atom is -0.384 e. The highest BCUT2D eigenvalue weighted by atomic mass is 32.2. The first-order valence-corrected chi connectivity index (χ1v) is 8.90. The molecule has 0 fully saturated rings. The van der Waals surface area contributed by atoms with E-state index in [2.05, 4.69) is 10.3 Å². The first kappa shape index (κ1) is 17.9. The van der Waals surface area contributed by atoms with E-state index in [4.69, 9.17) is 0 Å². The lowest BCUT2D eigenvalue weighted by molar-refractivity contribution is 0.333. The number of pyridine rings is 1. The van der Waals surface area contributed by atoms with Crippen molar-refractivity contribution in [1.82, 2.24) is 9.29 Å². The van der Waals surface area contributed by atoms with Gasteiger partial charge < -0.3 is 5.32 Å². The molecule has 120 valence electrons. The summed E-state index contributed by atoms with van der Waals surface area (Å²) in [4.78, 5) is 4.29. The van der Waals surface area contributed by atoms with Gasteiger partial charge in [0.1, 0.15) is 4.90 Å². The molecule has 6 heteroatoms. The van der Waals surface area contributed by atoms with Gasteiger partial charge in [0.2, 0.25) is 10.0 Å². The Bertz CT molecular complexity index is 532. The maximum atomic E-state index is 12.8. The van der Waals surface area contributed by atoms with Crippen LogP contribution in [0.4, 0.5) is 5.69 Å². The summed E-state index contributed by atoms with van der Waals surface area (Å²) in [6.45, 7) is 11.8. The van der Waals surface area contributed by atoms with E-state index >= 15 is 0 Å². The fourth-order valence-corrected chi connectivity index (χ4v) is 3.85. The van der Waals surface area contributed by atoms with Gasteiger partial charge in [-0.25, -0.2) is 8.42 Å². The average molecular weight is 313 g/mol. The van der Waals surface area contributed by atoms with Gasteiger partial charge in [-0.3, -0.25) is 4.98 Å². The molecule has 0 saturated carbocycles. The largest absolute Gasteiger partial charge is 0.384 e. The van der Waals surface area contributed by atoms with E-state index in [9.17, 15) is 8.42 Å². The monoisotopic (exact) mass is 313 g/mol. The van der Waals surface area contributed by atoms with Gasteiger partial charge in [-0.1, -0.05) is 27.7 Å². The highest BCUT2D eigenvalue weighted by molar-refractivity contribution is 7.89. The second kappa shape index (κ2) is 7.75. The van der Waals surface area contributed by atoms with Crippen molar-refractivity contribution in [3.05, 3.63) is 18.5 Å². The van der Waals surface area contributed by atoms with Crippen molar-refractivity contribution in [1.29, 1.82) is 0 Å². The molecule has 0 bridgehead atoms. The van der Waals surface area contributed by atoms with Crippen molar-refractivity contribution in [2.45, 2.75) is 39.5 Å². The quantitative estimate of drug-likeness (QED) is 0.801. The number of rotatable bonds is 8. The van der Waals surface area contributed by atoms with Gasteiger partial charge in [-0.05, 0) is 24.8 Å². The second-order valence-corrected chi connectivity index (χ2v) is 7.99. The van der Waals surface area contributed by atoms with Crippen molar-refractivity contribution in [2.24, 2.45) is 11.8 Å². The number of hydrogen-bond acceptors (Lipinski definition) is 4. The van der Waals surface area contributed by atoms with Gasteiger partial charge in [-0.15, -0.1) is 0 Å². The summed E-state index contributed by atoms with van der Waals surface area (Å²) in [5.41, 5.74) is 0.729. The van der Waals surface area contributed by atoms with Crippen molar-refractivity contribution in [2.75, 3.05) is 25.0 Å². The predicted molar refractivity (Wildman–Crippen MR) is 86.8 cm³/mol. The number of anilines is 1. The van der Waals surface area contributed by atoms with E-state index in [1.54, 1.807) is 16.6 Å². The molecule has 0 unspecified atom stereocenters. The maximum Gasteiger partial charge on any atom is 0.244 e. The van der Waals surface area contributed by atoms with Crippen LogP contribution in [0.3, 0.4) is 0 Å². The molecule has 0 aromatic carbocycles. The van der Waals surface area contributed by atoms with Crippen LogP contribution in [0.15, 0.2) is 23.4 Å². The first-order chi connectivity index (χ1) is 9.77. The molecule has 0 spiro atoms. The molecule has 0 amide bonds. The molecule has 1 aromatic heterocycles. The summed E-state index contributed by atoms with van der Waals surface area (Å²) in [6.07, 6.45) is 3.06. The number of nitrogens with one attached hydrogen (secondary N) is 1. The van der Waals surface area contributed by atoms with E-state index in [1.807, 2.05) is 34.6 Å². The Hall–Kier alpha value is -1.14. The zero-order valence-corrected chi connectivity index (χ0v) is 14.4. The molecule has 0 atom stereocenters. The van der Waals surface area contributed by atoms with Gasteiger partial charge in [-0.2, -0.15) is 4.31 Å². The topological polar surface area (TPSA) is 62.3 Å². The van der Waals surface area contributed by atoms with Crippen molar-refractivity contribution < 1.29 is 8.42 Å². The third-order valence-electron chi connectivity index (χ3n) is 2.87. The van der Waals surface area contributed by atoms with E-state index in [0.29, 0.717) is 13.1 Å². The van der Waals surface area contributed by atoms with E-state index in [0.717, 1.165) is 12.2 Å². The molecule has 1 rings (SSSR count). The molecule has 5 nitrogen and oxygen atoms in total. The molecule has 0 radical (unpaired) electrons. The van der Waals surface area contributed by atoms with Gasteiger partial charge in [0.25, 0.3) is 0 Å². The lowest BCUT2D eigenvalue weighted by Crippen LogP contribution is -2.37. The Labute approximate surface area is 128 Å². The molecular formula is C15H27N3O2S. The molecule has 0 aliphatic heterocycles. The Morgan fingerprint density at radius 2 is 1.71 bits per heavy atom. The Kier molecular flexibility index (Phi) is 6.61. The Morgan fingerprint density at radius 3 is 2.19 bits per heavy atom. The van der Waals surface area contributed by atoms with Crippen molar-refractivity contribution in [3.63, 3.8) is 0 Å². The zero-order chi connectivity index (χ0) is 16.0. The highest BCUT2D eigenvalue weighted by Gasteiger charge is 2.26. The molecular weight excluding hydrogens is 286 g/mol. The van der Waals surface area contributed by atoms with Crippen LogP contribution in [-0.4, -0.2) is 37.3 Å². The summed E-state index contributed by atoms with van der Waals surface area (Å²) >= 11 is 0. The summed E-state index contributed by atoms with van der Waals surface area (Å²) < 4.78 is 27.2. The van der Waals surface area contributed by atoms with Crippen LogP contribution in [0.2, 0.25) is 0 Å². The molecule has 0 aliphatic carbocycles. The fourth-order valence-electron chi connectivity index (χ4n) is 2.10. The first-order valence-electron chi connectivity index (χ1n) is 7.46. The summed E-state index contributed by atoms with van der Waals surface area (Å²) in [5.74, 6) is 0.562. The van der Waals surface area contributed by atoms with Gasteiger partial charge in [0.05, 0.1) is 11.9 Å². The lowest BCUT2D eigenvalue weighted by Gasteiger charge is -2.25. The van der Waals surface area contributed by atoms with E-state index in [1.165, 1.54) is 6.20 Å². The molecule has 1 N–H and O–H groups in total. The van der Waals surface area contributed by atoms with E-state index < -0.39 is 10.0 Å². The molecule has 0 aliphatic rings. The number of hydrogen-bond donors (Lipinski definition) is 1. The number of sulfonamides is 1. The molecule has 21 heavy (non-hydrogen) atoms. The summed E-state index contributed by atoms with van der Waals surface area (Å²) in [7, 11) is -3.50. The van der Waals surface area contributed by atoms with Crippen LogP contribution >= 0.6 is 0 Å². The maximum absolute atomic E-state index is 12.8. The molecule has 1 heterocycles. The fraction of sp³-hybridized carbons (Fsp3) is 0.667. The number of aromatic nitrogens is 1. The van der Waals surface area contributed by atoms with E-state index in [-0.39, 0.29) is 16.7 Å². The normalized spacial score (nSPS) is 12.4. The predicted octanol–water partition coefficient (Wildman–Crippen LogP) is 2.82. The summed E-state index contributed by atoms with van der Waals surface area (Å²) in [5, 5.41) is 3.10. The third kappa shape index (κ3) is 5.28. The zero-order valence-electron chi connectivity index (χ0n) is 13.6. The highest BCUT2D eigenvalue weighted by Crippen LogP contribution is 2.20. The lowest BCUT2D eigenvalue weighted by atomic mass is 10.2. The van der Waals surface area contributed by atoms with Gasteiger partial charge in [0, 0.05) is 25.8 Å². The van der Waals surface area contributed by atoms with Crippen LogP contribution in [0.5, 0.6) is 0 Å². The van der Waals surface area contributed by atoms with Crippen molar-refractivity contribution in [3.8, 4) is 0 Å². The van der Waals surface area contributed by atoms with Crippen LogP contribution in [0.1, 0.15) is 34.6 Å². The van der Waals surface area contributed by atoms with Crippen LogP contribution in [0.25, 0.3) is 0 Å². The molecule has 0 saturated heterocycles. The smallest absolute Gasteiger partial charge is 0.244 e. The Balaban J connectivity index is 3.12. The number of nitrogens with zero attached hydrogens (tertiary/aromatic N) is 2. The SMILES string of the molecule is CCNc1cncc(S(=O)(=O)N(CC(C)C)CC(C)C)c1. The third-order valence-corrected chi connectivity index (χ3v) is 4.67. The van der Waals surface area contributed by atoms with Crippen LogP contribution in [-0.2, 0) is 10.0 Å². The van der Waals surface area contributed by atoms with Crippen LogP contribution < -0.4 is 5.32 Å². The van der Waals surface area contributed by atoms with Crippen LogP contribution in [0, 0.1) is 11.8 Å².